The maximum Gasteiger partial charge on any atom is 0.128 e. The zero-order valence-electron chi connectivity index (χ0n) is 47.8. The number of rotatable bonds is 6. The zero-order chi connectivity index (χ0) is 57.6. The van der Waals surface area contributed by atoms with Crippen LogP contribution in [0.2, 0.25) is 0 Å². The summed E-state index contributed by atoms with van der Waals surface area (Å²) in [7, 11) is 0. The van der Waals surface area contributed by atoms with E-state index in [1.54, 1.807) is 0 Å². The zero-order valence-corrected chi connectivity index (χ0v) is 48.7. The Bertz CT molecular complexity index is 5870. The standard InChI is InChI=1S/C86H52OS/c1-2-17-53(18-3-1)82-65-22-6-8-24-67(65)83(68-25-9-7-23-66(68)82)58-20-14-19-54(44-58)55-39-43-81-78(47-55)74-41-40-64-63(30-15-31-73(64)86(74)88-81)57-36-35-56-46-77-76-49-60(38-42-79(76)87-80(77)50-61(56)45-57)85-71-28-12-10-26-69(71)84(70-27-11-13-29-72(70)85)59-37-34-52-33-32-51-16-4-5-21-62(51)75(52)48-59/h1-50,77,80H. The Labute approximate surface area is 512 Å². The fraction of sp³-hybridized carbons (Fsp3) is 0.0233. The summed E-state index contributed by atoms with van der Waals surface area (Å²) in [5, 5.41) is 22.7. The number of benzene rings is 16. The van der Waals surface area contributed by atoms with E-state index in [-0.39, 0.29) is 12.0 Å². The predicted octanol–water partition coefficient (Wildman–Crippen LogP) is 22.2. The molecule has 1 aromatic heterocycles. The third kappa shape index (κ3) is 7.52. The minimum absolute atomic E-state index is 0.0963. The SMILES string of the molecule is C1=c2ccc(-c3cccc4c3ccc3c5cc(-c6cccc(-c7c8ccccc8c(-c8ccccc8)c8ccccc78)c6)ccc5sc43)cc2=CC2Oc3ccc(-c4c5ccccc5c(-c5ccc6ccc7ccccc7c6c5)c5ccccc45)cc3C12. The fourth-order valence-corrected chi connectivity index (χ4v) is 16.6. The first-order valence-electron chi connectivity index (χ1n) is 30.6. The van der Waals surface area contributed by atoms with Gasteiger partial charge in [0.25, 0.3) is 0 Å². The van der Waals surface area contributed by atoms with Crippen molar-refractivity contribution in [2.75, 3.05) is 0 Å². The summed E-state index contributed by atoms with van der Waals surface area (Å²) in [5.41, 5.74) is 16.1. The average Bonchev–Trinajstić information content (AvgIpc) is 1.26. The Morgan fingerprint density at radius 3 is 1.43 bits per heavy atom. The molecule has 2 unspecified atom stereocenters. The molecular weight excluding hydrogens is 1080 g/mol. The van der Waals surface area contributed by atoms with E-state index < -0.39 is 0 Å². The number of thiophene rings is 1. The molecule has 0 saturated heterocycles. The molecule has 0 saturated carbocycles. The first-order valence-corrected chi connectivity index (χ1v) is 31.4. The van der Waals surface area contributed by atoms with Crippen LogP contribution in [0.15, 0.2) is 291 Å². The minimum atomic E-state index is -0.0999. The van der Waals surface area contributed by atoms with E-state index in [0.29, 0.717) is 0 Å². The number of hydrogen-bond donors (Lipinski definition) is 0. The molecule has 2 heterocycles. The Kier molecular flexibility index (Phi) is 10.8. The second kappa shape index (κ2) is 19.3. The first kappa shape index (κ1) is 49.4. The summed E-state index contributed by atoms with van der Waals surface area (Å²) in [6.07, 6.45) is 4.71. The van der Waals surface area contributed by atoms with Gasteiger partial charge in [-0.05, 0) is 196 Å². The molecule has 2 heteroatoms. The molecule has 16 aromatic carbocycles. The van der Waals surface area contributed by atoms with E-state index >= 15 is 0 Å². The quantitative estimate of drug-likeness (QED) is 0.119. The highest BCUT2D eigenvalue weighted by Crippen LogP contribution is 2.50. The Hall–Kier alpha value is -10.9. The van der Waals surface area contributed by atoms with Crippen LogP contribution in [-0.4, -0.2) is 6.10 Å². The molecular formula is C86H52OS. The maximum absolute atomic E-state index is 6.89. The third-order valence-corrected chi connectivity index (χ3v) is 20.5. The lowest BCUT2D eigenvalue weighted by Crippen LogP contribution is -2.34. The average molecular weight is 1130 g/mol. The van der Waals surface area contributed by atoms with E-state index in [2.05, 4.69) is 303 Å². The molecule has 88 heavy (non-hydrogen) atoms. The second-order valence-electron chi connectivity index (χ2n) is 24.0. The van der Waals surface area contributed by atoms with Crippen LogP contribution in [0, 0.1) is 0 Å². The second-order valence-corrected chi connectivity index (χ2v) is 25.1. The van der Waals surface area contributed by atoms with Gasteiger partial charge in [0.05, 0.1) is 0 Å². The van der Waals surface area contributed by atoms with Gasteiger partial charge in [-0.25, -0.2) is 0 Å². The van der Waals surface area contributed by atoms with Crippen molar-refractivity contribution in [2.24, 2.45) is 0 Å². The Morgan fingerprint density at radius 1 is 0.261 bits per heavy atom. The van der Waals surface area contributed by atoms with Crippen LogP contribution in [-0.2, 0) is 0 Å². The number of hydrogen-bond acceptors (Lipinski definition) is 2. The van der Waals surface area contributed by atoms with Crippen LogP contribution in [0.5, 0.6) is 5.75 Å². The molecule has 0 spiro atoms. The van der Waals surface area contributed by atoms with Gasteiger partial charge in [-0.3, -0.25) is 0 Å². The summed E-state index contributed by atoms with van der Waals surface area (Å²) in [6, 6.07) is 109. The smallest absolute Gasteiger partial charge is 0.128 e. The summed E-state index contributed by atoms with van der Waals surface area (Å²) < 4.78 is 9.51. The molecule has 1 aliphatic carbocycles. The van der Waals surface area contributed by atoms with E-state index in [1.807, 2.05) is 11.3 Å². The molecule has 1 nitrogen and oxygen atoms in total. The van der Waals surface area contributed by atoms with Crippen molar-refractivity contribution in [1.82, 2.24) is 0 Å². The molecule has 0 N–H and O–H groups in total. The normalized spacial score (nSPS) is 14.4. The largest absolute Gasteiger partial charge is 0.485 e. The van der Waals surface area contributed by atoms with Crippen molar-refractivity contribution >= 4 is 119 Å². The van der Waals surface area contributed by atoms with Crippen molar-refractivity contribution in [3.05, 3.63) is 307 Å². The lowest BCUT2D eigenvalue weighted by Gasteiger charge is -2.19. The molecule has 2 atom stereocenters. The lowest BCUT2D eigenvalue weighted by molar-refractivity contribution is 0.288. The van der Waals surface area contributed by atoms with Gasteiger partial charge < -0.3 is 4.74 Å². The first-order chi connectivity index (χ1) is 43.6. The Morgan fingerprint density at radius 2 is 0.739 bits per heavy atom. The number of ether oxygens (including phenoxy) is 1. The molecule has 19 rings (SSSR count). The van der Waals surface area contributed by atoms with E-state index in [1.165, 1.54) is 178 Å². The van der Waals surface area contributed by atoms with Crippen molar-refractivity contribution < 1.29 is 4.74 Å². The van der Waals surface area contributed by atoms with Crippen LogP contribution < -0.4 is 15.2 Å². The van der Waals surface area contributed by atoms with Gasteiger partial charge in [0.15, 0.2) is 0 Å². The summed E-state index contributed by atoms with van der Waals surface area (Å²) in [5.74, 6) is 1.06. The highest BCUT2D eigenvalue weighted by molar-refractivity contribution is 7.26. The molecule has 0 bridgehead atoms. The monoisotopic (exact) mass is 1130 g/mol. The predicted molar refractivity (Wildman–Crippen MR) is 376 cm³/mol. The minimum Gasteiger partial charge on any atom is -0.485 e. The van der Waals surface area contributed by atoms with E-state index in [9.17, 15) is 0 Å². The van der Waals surface area contributed by atoms with Gasteiger partial charge in [-0.2, -0.15) is 0 Å². The molecule has 0 radical (unpaired) electrons. The van der Waals surface area contributed by atoms with Crippen LogP contribution in [0.4, 0.5) is 0 Å². The highest BCUT2D eigenvalue weighted by Gasteiger charge is 2.34. The van der Waals surface area contributed by atoms with Crippen molar-refractivity contribution in [1.29, 1.82) is 0 Å². The van der Waals surface area contributed by atoms with Gasteiger partial charge in [0.2, 0.25) is 0 Å². The van der Waals surface area contributed by atoms with Crippen molar-refractivity contribution in [3.63, 3.8) is 0 Å². The van der Waals surface area contributed by atoms with Gasteiger partial charge in [-0.1, -0.05) is 255 Å². The third-order valence-electron chi connectivity index (χ3n) is 19.3. The fourth-order valence-electron chi connectivity index (χ4n) is 15.3. The molecule has 0 fully saturated rings. The molecule has 408 valence electrons. The van der Waals surface area contributed by atoms with Gasteiger partial charge >= 0.3 is 0 Å². The highest BCUT2D eigenvalue weighted by atomic mass is 32.1. The molecule has 1 aliphatic heterocycles. The van der Waals surface area contributed by atoms with Crippen LogP contribution >= 0.6 is 11.3 Å². The molecule has 0 amide bonds. The van der Waals surface area contributed by atoms with Gasteiger partial charge in [-0.15, -0.1) is 11.3 Å². The maximum atomic E-state index is 6.89. The van der Waals surface area contributed by atoms with Crippen LogP contribution in [0.1, 0.15) is 11.5 Å². The summed E-state index contributed by atoms with van der Waals surface area (Å²) in [6.45, 7) is 0. The van der Waals surface area contributed by atoms with Crippen LogP contribution in [0.3, 0.4) is 0 Å². The topological polar surface area (TPSA) is 9.23 Å². The summed E-state index contributed by atoms with van der Waals surface area (Å²) >= 11 is 1.90. The molecule has 2 aliphatic rings. The lowest BCUT2D eigenvalue weighted by atomic mass is 9.83. The summed E-state index contributed by atoms with van der Waals surface area (Å²) in [4.78, 5) is 0. The van der Waals surface area contributed by atoms with E-state index in [0.717, 1.165) is 5.75 Å². The van der Waals surface area contributed by atoms with E-state index in [4.69, 9.17) is 4.74 Å². The van der Waals surface area contributed by atoms with Gasteiger partial charge in [0.1, 0.15) is 11.9 Å². The van der Waals surface area contributed by atoms with Crippen molar-refractivity contribution in [2.45, 2.75) is 12.0 Å². The van der Waals surface area contributed by atoms with Crippen molar-refractivity contribution in [3.8, 4) is 72.5 Å². The van der Waals surface area contributed by atoms with Crippen LogP contribution in [0.25, 0.3) is 174 Å². The Balaban J connectivity index is 0.660. The number of fused-ring (bicyclic) bond motifs is 16. The molecule has 17 aromatic rings. The van der Waals surface area contributed by atoms with Gasteiger partial charge in [0, 0.05) is 37.0 Å².